The van der Waals surface area contributed by atoms with Crippen LogP contribution in [0.5, 0.6) is 0 Å². The monoisotopic (exact) mass is 257 g/mol. The van der Waals surface area contributed by atoms with Crippen LogP contribution in [0.4, 0.5) is 0 Å². The smallest absolute Gasteiger partial charge is 0.251 e. The van der Waals surface area contributed by atoms with E-state index in [4.69, 9.17) is 4.74 Å². The van der Waals surface area contributed by atoms with Gasteiger partial charge in [-0.05, 0) is 20.3 Å². The lowest BCUT2D eigenvalue weighted by Crippen LogP contribution is -2.43. The van der Waals surface area contributed by atoms with Crippen molar-refractivity contribution in [3.05, 3.63) is 0 Å². The van der Waals surface area contributed by atoms with Gasteiger partial charge in [-0.2, -0.15) is 0 Å². The molecule has 0 heterocycles. The summed E-state index contributed by atoms with van der Waals surface area (Å²) in [6, 6.07) is 0. The summed E-state index contributed by atoms with van der Waals surface area (Å²) in [7, 11) is 1.57. The molecule has 0 saturated carbocycles. The van der Waals surface area contributed by atoms with Crippen LogP contribution in [0.25, 0.3) is 0 Å². The fourth-order valence-corrected chi connectivity index (χ4v) is 1.77. The van der Waals surface area contributed by atoms with Crippen LogP contribution in [0.1, 0.15) is 72.1 Å². The molecule has 0 aromatic heterocycles. The van der Waals surface area contributed by atoms with E-state index in [1.165, 1.54) is 44.9 Å². The molecule has 0 unspecified atom stereocenters. The summed E-state index contributed by atoms with van der Waals surface area (Å²) in [4.78, 5) is 11.7. The molecule has 18 heavy (non-hydrogen) atoms. The van der Waals surface area contributed by atoms with Gasteiger partial charge in [0.1, 0.15) is 5.60 Å². The molecule has 0 rings (SSSR count). The number of carbonyl (C=O) groups excluding carboxylic acids is 1. The predicted molar refractivity (Wildman–Crippen MR) is 76.7 cm³/mol. The maximum atomic E-state index is 11.7. The van der Waals surface area contributed by atoms with Gasteiger partial charge < -0.3 is 10.1 Å². The summed E-state index contributed by atoms with van der Waals surface area (Å²) in [6.45, 7) is 6.58. The Morgan fingerprint density at radius 1 is 1.00 bits per heavy atom. The Labute approximate surface area is 113 Å². The highest BCUT2D eigenvalue weighted by Crippen LogP contribution is 2.09. The first-order chi connectivity index (χ1) is 8.54. The van der Waals surface area contributed by atoms with E-state index in [-0.39, 0.29) is 5.91 Å². The average molecular weight is 257 g/mol. The second-order valence-corrected chi connectivity index (χ2v) is 5.45. The molecule has 108 valence electrons. The molecule has 0 radical (unpaired) electrons. The van der Waals surface area contributed by atoms with Gasteiger partial charge in [0.05, 0.1) is 0 Å². The summed E-state index contributed by atoms with van der Waals surface area (Å²) < 4.78 is 5.12. The first kappa shape index (κ1) is 17.4. The van der Waals surface area contributed by atoms with Gasteiger partial charge in [-0.3, -0.25) is 4.79 Å². The number of rotatable bonds is 11. The van der Waals surface area contributed by atoms with Crippen LogP contribution in [0.2, 0.25) is 0 Å². The third-order valence-corrected chi connectivity index (χ3v) is 3.37. The fourth-order valence-electron chi connectivity index (χ4n) is 1.77. The second kappa shape index (κ2) is 10.4. The Hall–Kier alpha value is -0.570. The second-order valence-electron chi connectivity index (χ2n) is 5.45. The quantitative estimate of drug-likeness (QED) is 0.574. The van der Waals surface area contributed by atoms with Crippen molar-refractivity contribution < 1.29 is 9.53 Å². The van der Waals surface area contributed by atoms with Crippen LogP contribution in [-0.4, -0.2) is 25.2 Å². The van der Waals surface area contributed by atoms with Crippen LogP contribution in [0.15, 0.2) is 0 Å². The number of hydrogen-bond acceptors (Lipinski definition) is 2. The summed E-state index contributed by atoms with van der Waals surface area (Å²) in [5.41, 5.74) is -0.708. The Morgan fingerprint density at radius 3 is 2.00 bits per heavy atom. The van der Waals surface area contributed by atoms with Crippen LogP contribution < -0.4 is 5.32 Å². The van der Waals surface area contributed by atoms with Crippen LogP contribution >= 0.6 is 0 Å². The number of unbranched alkanes of at least 4 members (excludes halogenated alkanes) is 7. The lowest BCUT2D eigenvalue weighted by Gasteiger charge is -2.21. The summed E-state index contributed by atoms with van der Waals surface area (Å²) in [6.07, 6.45) is 10.3. The molecule has 1 amide bonds. The minimum absolute atomic E-state index is 0.0204. The number of hydrogen-bond donors (Lipinski definition) is 1. The zero-order valence-electron chi connectivity index (χ0n) is 12.7. The van der Waals surface area contributed by atoms with E-state index in [2.05, 4.69) is 12.2 Å². The summed E-state index contributed by atoms with van der Waals surface area (Å²) in [5, 5.41) is 2.92. The normalized spacial score (nSPS) is 11.6. The maximum Gasteiger partial charge on any atom is 0.251 e. The highest BCUT2D eigenvalue weighted by Gasteiger charge is 2.25. The van der Waals surface area contributed by atoms with E-state index in [1.807, 2.05) is 0 Å². The van der Waals surface area contributed by atoms with Gasteiger partial charge in [-0.15, -0.1) is 0 Å². The number of ether oxygens (including phenoxy) is 1. The van der Waals surface area contributed by atoms with E-state index >= 15 is 0 Å². The van der Waals surface area contributed by atoms with Gasteiger partial charge in [-0.1, -0.05) is 51.9 Å². The number of methoxy groups -OCH3 is 1. The molecular formula is C15H31NO2. The third-order valence-electron chi connectivity index (χ3n) is 3.37. The molecule has 0 aromatic carbocycles. The van der Waals surface area contributed by atoms with E-state index < -0.39 is 5.60 Å². The molecule has 0 saturated heterocycles. The van der Waals surface area contributed by atoms with Crippen molar-refractivity contribution >= 4 is 5.91 Å². The Morgan fingerprint density at radius 2 is 1.50 bits per heavy atom. The van der Waals surface area contributed by atoms with Gasteiger partial charge >= 0.3 is 0 Å². The third kappa shape index (κ3) is 8.51. The molecule has 3 nitrogen and oxygen atoms in total. The van der Waals surface area contributed by atoms with Crippen molar-refractivity contribution in [1.29, 1.82) is 0 Å². The van der Waals surface area contributed by atoms with Crippen molar-refractivity contribution in [1.82, 2.24) is 5.32 Å². The maximum absolute atomic E-state index is 11.7. The standard InChI is InChI=1S/C15H31NO2/c1-5-6-7-8-9-10-11-12-13-16-14(17)15(2,3)18-4/h5-13H2,1-4H3,(H,16,17). The van der Waals surface area contributed by atoms with Crippen LogP contribution in [0.3, 0.4) is 0 Å². The molecule has 0 aliphatic rings. The van der Waals surface area contributed by atoms with Gasteiger partial charge in [0.15, 0.2) is 0 Å². The molecule has 0 aromatic rings. The predicted octanol–water partition coefficient (Wildman–Crippen LogP) is 3.67. The zero-order chi connectivity index (χ0) is 13.9. The van der Waals surface area contributed by atoms with Crippen LogP contribution in [0, 0.1) is 0 Å². The first-order valence-corrected chi connectivity index (χ1v) is 7.38. The lowest BCUT2D eigenvalue weighted by molar-refractivity contribution is -0.139. The molecule has 0 atom stereocenters. The van der Waals surface area contributed by atoms with E-state index in [1.54, 1.807) is 21.0 Å². The van der Waals surface area contributed by atoms with Crippen molar-refractivity contribution in [3.8, 4) is 0 Å². The SMILES string of the molecule is CCCCCCCCCCNC(=O)C(C)(C)OC. The molecule has 0 spiro atoms. The topological polar surface area (TPSA) is 38.3 Å². The number of nitrogens with one attached hydrogen (secondary N) is 1. The summed E-state index contributed by atoms with van der Waals surface area (Å²) >= 11 is 0. The Kier molecular flexibility index (Phi) is 10.0. The summed E-state index contributed by atoms with van der Waals surface area (Å²) in [5.74, 6) is -0.0204. The van der Waals surface area contributed by atoms with Crippen molar-refractivity contribution in [2.75, 3.05) is 13.7 Å². The molecule has 0 fully saturated rings. The first-order valence-electron chi connectivity index (χ1n) is 7.38. The van der Waals surface area contributed by atoms with Crippen molar-refractivity contribution in [2.24, 2.45) is 0 Å². The van der Waals surface area contributed by atoms with Gasteiger partial charge in [0.2, 0.25) is 0 Å². The fraction of sp³-hybridized carbons (Fsp3) is 0.933. The largest absolute Gasteiger partial charge is 0.369 e. The molecule has 1 N–H and O–H groups in total. The van der Waals surface area contributed by atoms with E-state index in [0.29, 0.717) is 0 Å². The van der Waals surface area contributed by atoms with Gasteiger partial charge in [0.25, 0.3) is 5.91 Å². The highest BCUT2D eigenvalue weighted by molar-refractivity contribution is 5.84. The lowest BCUT2D eigenvalue weighted by atomic mass is 10.1. The Balaban J connectivity index is 3.33. The van der Waals surface area contributed by atoms with Gasteiger partial charge in [-0.25, -0.2) is 0 Å². The zero-order valence-corrected chi connectivity index (χ0v) is 12.7. The highest BCUT2D eigenvalue weighted by atomic mass is 16.5. The molecule has 3 heteroatoms. The van der Waals surface area contributed by atoms with Gasteiger partial charge in [0, 0.05) is 13.7 Å². The average Bonchev–Trinajstić information content (AvgIpc) is 2.36. The van der Waals surface area contributed by atoms with Crippen molar-refractivity contribution in [2.45, 2.75) is 77.7 Å². The van der Waals surface area contributed by atoms with E-state index in [0.717, 1.165) is 13.0 Å². The number of carbonyl (C=O) groups is 1. The molecule has 0 aliphatic heterocycles. The van der Waals surface area contributed by atoms with E-state index in [9.17, 15) is 4.79 Å². The molecule has 0 bridgehead atoms. The van der Waals surface area contributed by atoms with Crippen LogP contribution in [-0.2, 0) is 9.53 Å². The Bertz CT molecular complexity index is 215. The minimum Gasteiger partial charge on any atom is -0.369 e. The molecule has 0 aliphatic carbocycles. The minimum atomic E-state index is -0.708. The number of amides is 1. The molecular weight excluding hydrogens is 226 g/mol. The van der Waals surface area contributed by atoms with Crippen molar-refractivity contribution in [3.63, 3.8) is 0 Å².